The number of Topliss-reactive ketones (excluding diaryl/α,β-unsaturated/α-hetero) is 1. The van der Waals surface area contributed by atoms with E-state index in [1.807, 2.05) is 20.8 Å². The van der Waals surface area contributed by atoms with Crippen LogP contribution in [-0.4, -0.2) is 47.6 Å². The molecule has 2 bridgehead atoms. The molecular weight excluding hydrogens is 480 g/mol. The molecular formula is C28H34O9. The number of hydrogen-bond donors (Lipinski definition) is 1. The Morgan fingerprint density at radius 3 is 2.59 bits per heavy atom. The molecule has 0 aromatic carbocycles. The molecule has 200 valence electrons. The Bertz CT molecular complexity index is 1170. The highest BCUT2D eigenvalue weighted by Gasteiger charge is 2.72. The summed E-state index contributed by atoms with van der Waals surface area (Å²) in [6.45, 7) is 6.96. The molecule has 0 radical (unpaired) electrons. The van der Waals surface area contributed by atoms with Gasteiger partial charge in [-0.3, -0.25) is 14.4 Å². The summed E-state index contributed by atoms with van der Waals surface area (Å²) in [4.78, 5) is 51.6. The third-order valence-electron chi connectivity index (χ3n) is 9.89. The minimum absolute atomic E-state index is 0.0200. The molecule has 0 amide bonds. The van der Waals surface area contributed by atoms with Gasteiger partial charge in [-0.25, -0.2) is 4.79 Å². The quantitative estimate of drug-likeness (QED) is 0.475. The molecule has 3 fully saturated rings. The highest BCUT2D eigenvalue weighted by atomic mass is 16.6. The Kier molecular flexibility index (Phi) is 5.94. The van der Waals surface area contributed by atoms with Crippen LogP contribution in [0.25, 0.3) is 0 Å². The van der Waals surface area contributed by atoms with Crippen molar-refractivity contribution in [2.75, 3.05) is 7.11 Å². The van der Waals surface area contributed by atoms with Gasteiger partial charge in [-0.1, -0.05) is 20.8 Å². The predicted molar refractivity (Wildman–Crippen MR) is 127 cm³/mol. The monoisotopic (exact) mass is 514 g/mol. The second-order valence-corrected chi connectivity index (χ2v) is 11.6. The largest absolute Gasteiger partial charge is 0.472 e. The third kappa shape index (κ3) is 3.53. The molecule has 9 unspecified atom stereocenters. The molecule has 37 heavy (non-hydrogen) atoms. The van der Waals surface area contributed by atoms with E-state index in [0.717, 1.165) is 0 Å². The summed E-state index contributed by atoms with van der Waals surface area (Å²) >= 11 is 0. The average Bonchev–Trinajstić information content (AvgIpc) is 3.37. The lowest BCUT2D eigenvalue weighted by atomic mass is 9.39. The van der Waals surface area contributed by atoms with Gasteiger partial charge in [-0.2, -0.15) is 0 Å². The van der Waals surface area contributed by atoms with Crippen LogP contribution >= 0.6 is 0 Å². The van der Waals surface area contributed by atoms with E-state index in [0.29, 0.717) is 24.0 Å². The van der Waals surface area contributed by atoms with E-state index in [1.54, 1.807) is 6.07 Å². The van der Waals surface area contributed by atoms with Crippen LogP contribution in [0.15, 0.2) is 34.7 Å². The molecule has 1 aromatic rings. The summed E-state index contributed by atoms with van der Waals surface area (Å²) < 4.78 is 21.7. The molecule has 0 saturated heterocycles. The fraction of sp³-hybridized carbons (Fsp3) is 0.643. The van der Waals surface area contributed by atoms with Gasteiger partial charge in [-0.15, -0.1) is 0 Å². The van der Waals surface area contributed by atoms with Crippen molar-refractivity contribution >= 4 is 23.7 Å². The van der Waals surface area contributed by atoms with Crippen LogP contribution in [0.2, 0.25) is 0 Å². The van der Waals surface area contributed by atoms with Crippen molar-refractivity contribution in [1.82, 2.24) is 0 Å². The number of carbonyl (C=O) groups is 4. The van der Waals surface area contributed by atoms with Crippen LogP contribution in [-0.2, 0) is 33.4 Å². The fourth-order valence-electron chi connectivity index (χ4n) is 8.26. The van der Waals surface area contributed by atoms with Crippen molar-refractivity contribution in [3.8, 4) is 0 Å². The fourth-order valence-corrected chi connectivity index (χ4v) is 8.26. The Balaban J connectivity index is 1.66. The van der Waals surface area contributed by atoms with Gasteiger partial charge in [0.05, 0.1) is 31.2 Å². The number of cyclic esters (lactones) is 1. The zero-order valence-corrected chi connectivity index (χ0v) is 21.8. The molecule has 1 aromatic heterocycles. The Hall–Kier alpha value is -2.94. The standard InChI is InChI=1S/C28H34O9/c1-14-18(10-21(30)34-5)27(4)19-6-8-26(3)20(11-22(31)37-25(26)16-7-9-35-13-16)28(19,33)12-17(24(27)32)23(14)36-15(2)29/h7,9,11,13-14,17-19,23,25,33H,6,8,10,12H2,1-5H3. The van der Waals surface area contributed by atoms with E-state index in [9.17, 15) is 24.3 Å². The molecule has 9 heteroatoms. The minimum Gasteiger partial charge on any atom is -0.472 e. The van der Waals surface area contributed by atoms with Crippen molar-refractivity contribution in [1.29, 1.82) is 0 Å². The van der Waals surface area contributed by atoms with Crippen molar-refractivity contribution in [2.45, 2.75) is 71.2 Å². The van der Waals surface area contributed by atoms with E-state index in [1.165, 1.54) is 32.6 Å². The van der Waals surface area contributed by atoms with Gasteiger partial charge in [-0.05, 0) is 42.7 Å². The Labute approximate surface area is 215 Å². The van der Waals surface area contributed by atoms with Crippen LogP contribution in [0.3, 0.4) is 0 Å². The highest BCUT2D eigenvalue weighted by Crippen LogP contribution is 2.68. The van der Waals surface area contributed by atoms with Crippen LogP contribution in [0.1, 0.15) is 65.0 Å². The summed E-state index contributed by atoms with van der Waals surface area (Å²) in [5.74, 6) is -3.88. The van der Waals surface area contributed by atoms with Crippen molar-refractivity contribution in [3.05, 3.63) is 35.8 Å². The third-order valence-corrected chi connectivity index (χ3v) is 9.89. The first kappa shape index (κ1) is 25.7. The normalized spacial score (nSPS) is 42.6. The molecule has 2 heterocycles. The topological polar surface area (TPSA) is 129 Å². The number of hydrogen-bond acceptors (Lipinski definition) is 9. The number of ketones is 1. The molecule has 1 aliphatic heterocycles. The molecule has 3 aliphatic carbocycles. The molecule has 3 saturated carbocycles. The maximum atomic E-state index is 14.1. The summed E-state index contributed by atoms with van der Waals surface area (Å²) in [7, 11) is 1.30. The predicted octanol–water partition coefficient (Wildman–Crippen LogP) is 3.31. The zero-order chi connectivity index (χ0) is 26.9. The zero-order valence-electron chi connectivity index (χ0n) is 21.8. The maximum absolute atomic E-state index is 14.1. The molecule has 0 spiro atoms. The molecule has 5 rings (SSSR count). The van der Waals surface area contributed by atoms with Gasteiger partial charge in [0.25, 0.3) is 0 Å². The molecule has 1 N–H and O–H groups in total. The number of esters is 3. The number of rotatable bonds is 4. The molecule has 4 aliphatic rings. The Morgan fingerprint density at radius 1 is 1.24 bits per heavy atom. The van der Waals surface area contributed by atoms with Crippen LogP contribution < -0.4 is 0 Å². The first-order chi connectivity index (χ1) is 17.4. The van der Waals surface area contributed by atoms with Gasteiger partial charge in [0.1, 0.15) is 18.0 Å². The van der Waals surface area contributed by atoms with Crippen molar-refractivity contribution in [3.63, 3.8) is 0 Å². The van der Waals surface area contributed by atoms with Gasteiger partial charge < -0.3 is 23.7 Å². The SMILES string of the molecule is COC(=O)CC1C(C)C(OC(C)=O)C2CC3(O)C4=CC(=O)OC(c5ccoc5)C4(C)CCC3C1(C)C2=O. The number of furan rings is 1. The number of methoxy groups -OCH3 is 1. The summed E-state index contributed by atoms with van der Waals surface area (Å²) in [6.07, 6.45) is 3.94. The first-order valence-corrected chi connectivity index (χ1v) is 12.8. The molecule has 9 nitrogen and oxygen atoms in total. The van der Waals surface area contributed by atoms with Gasteiger partial charge in [0, 0.05) is 41.7 Å². The Morgan fingerprint density at radius 2 is 1.97 bits per heavy atom. The van der Waals surface area contributed by atoms with E-state index in [-0.39, 0.29) is 24.5 Å². The summed E-state index contributed by atoms with van der Waals surface area (Å²) in [6, 6.07) is 1.74. The lowest BCUT2D eigenvalue weighted by Gasteiger charge is -2.66. The van der Waals surface area contributed by atoms with E-state index >= 15 is 0 Å². The second-order valence-electron chi connectivity index (χ2n) is 11.6. The van der Waals surface area contributed by atoms with Crippen molar-refractivity contribution in [2.24, 2.45) is 34.5 Å². The van der Waals surface area contributed by atoms with E-state index < -0.39 is 64.3 Å². The number of fused-ring (bicyclic) bond motifs is 6. The summed E-state index contributed by atoms with van der Waals surface area (Å²) in [5, 5.41) is 12.6. The number of ether oxygens (including phenoxy) is 3. The number of aliphatic hydroxyl groups is 1. The van der Waals surface area contributed by atoms with Crippen molar-refractivity contribution < 1.29 is 42.9 Å². The average molecular weight is 515 g/mol. The number of carbonyl (C=O) groups excluding carboxylic acids is 4. The van der Waals surface area contributed by atoms with Crippen LogP contribution in [0, 0.1) is 34.5 Å². The maximum Gasteiger partial charge on any atom is 0.331 e. The van der Waals surface area contributed by atoms with Gasteiger partial charge in [0.15, 0.2) is 0 Å². The second kappa shape index (κ2) is 8.55. The van der Waals surface area contributed by atoms with Gasteiger partial charge in [0.2, 0.25) is 0 Å². The molecule has 9 atom stereocenters. The lowest BCUT2D eigenvalue weighted by molar-refractivity contribution is -0.219. The smallest absolute Gasteiger partial charge is 0.331 e. The lowest BCUT2D eigenvalue weighted by Crippen LogP contribution is -2.71. The highest BCUT2D eigenvalue weighted by molar-refractivity contribution is 5.92. The van der Waals surface area contributed by atoms with Gasteiger partial charge >= 0.3 is 17.9 Å². The van der Waals surface area contributed by atoms with E-state index in [4.69, 9.17) is 18.6 Å². The summed E-state index contributed by atoms with van der Waals surface area (Å²) in [5.41, 5.74) is -2.17. The minimum atomic E-state index is -1.55. The van der Waals surface area contributed by atoms with E-state index in [2.05, 4.69) is 0 Å². The first-order valence-electron chi connectivity index (χ1n) is 12.8. The van der Waals surface area contributed by atoms with Crippen LogP contribution in [0.4, 0.5) is 0 Å². The van der Waals surface area contributed by atoms with Crippen LogP contribution in [0.5, 0.6) is 0 Å².